The quantitative estimate of drug-likeness (QED) is 0.410. The average Bonchev–Trinajstić information content (AvgIpc) is 3.30. The molecule has 11 heteroatoms. The fourth-order valence-electron chi connectivity index (χ4n) is 4.34. The Labute approximate surface area is 226 Å². The van der Waals surface area contributed by atoms with Crippen LogP contribution in [0.2, 0.25) is 0 Å². The van der Waals surface area contributed by atoms with Crippen LogP contribution in [0, 0.1) is 0 Å². The van der Waals surface area contributed by atoms with Crippen molar-refractivity contribution in [3.05, 3.63) is 86.0 Å². The van der Waals surface area contributed by atoms with Gasteiger partial charge in [-0.15, -0.1) is 13.2 Å². The van der Waals surface area contributed by atoms with Gasteiger partial charge in [-0.05, 0) is 45.0 Å². The molecule has 1 saturated heterocycles. The second-order valence-electron chi connectivity index (χ2n) is 9.87. The van der Waals surface area contributed by atoms with Gasteiger partial charge in [0.25, 0.3) is 0 Å². The second kappa shape index (κ2) is 11.8. The van der Waals surface area contributed by atoms with Crippen LogP contribution in [-0.4, -0.2) is 80.3 Å². The Morgan fingerprint density at radius 3 is 1.53 bits per heavy atom. The van der Waals surface area contributed by atoms with E-state index in [2.05, 4.69) is 13.2 Å². The first-order chi connectivity index (χ1) is 17.8. The van der Waals surface area contributed by atoms with Crippen LogP contribution in [0.15, 0.2) is 95.8 Å². The third kappa shape index (κ3) is 6.52. The molecule has 0 saturated carbocycles. The predicted octanol–water partition coefficient (Wildman–Crippen LogP) is 3.73. The summed E-state index contributed by atoms with van der Waals surface area (Å²) in [6, 6.07) is 13.9. The molecule has 0 aromatic heterocycles. The number of rotatable bonds is 10. The lowest BCUT2D eigenvalue weighted by Gasteiger charge is -2.35. The summed E-state index contributed by atoms with van der Waals surface area (Å²) < 4.78 is 63.2. The van der Waals surface area contributed by atoms with Crippen molar-refractivity contribution in [1.29, 1.82) is 0 Å². The minimum Gasteiger partial charge on any atom is -0.444 e. The molecular weight excluding hydrogens is 526 g/mol. The topological polar surface area (TPSA) is 104 Å². The van der Waals surface area contributed by atoms with E-state index in [1.165, 1.54) is 49.9 Å². The van der Waals surface area contributed by atoms with Gasteiger partial charge in [-0.2, -0.15) is 8.61 Å². The Hall–Kier alpha value is -2.99. The fourth-order valence-corrected chi connectivity index (χ4v) is 7.62. The molecule has 0 unspecified atom stereocenters. The second-order valence-corrected chi connectivity index (χ2v) is 13.7. The monoisotopic (exact) mass is 561 g/mol. The highest BCUT2D eigenvalue weighted by molar-refractivity contribution is 7.89. The Balaban J connectivity index is 2.14. The minimum absolute atomic E-state index is 0.0532. The summed E-state index contributed by atoms with van der Waals surface area (Å²) in [4.78, 5) is 14.5. The smallest absolute Gasteiger partial charge is 0.410 e. The fraction of sp³-hybridized carbons (Fsp3) is 0.370. The first kappa shape index (κ1) is 29.6. The summed E-state index contributed by atoms with van der Waals surface area (Å²) >= 11 is 0. The maximum Gasteiger partial charge on any atom is 0.410 e. The molecule has 2 aromatic rings. The van der Waals surface area contributed by atoms with Crippen LogP contribution in [-0.2, 0) is 24.8 Å². The largest absolute Gasteiger partial charge is 0.444 e. The van der Waals surface area contributed by atoms with Crippen molar-refractivity contribution in [1.82, 2.24) is 13.5 Å². The number of sulfonamides is 2. The Kier molecular flexibility index (Phi) is 9.19. The number of ether oxygens (including phenoxy) is 1. The first-order valence-electron chi connectivity index (χ1n) is 12.2. The van der Waals surface area contributed by atoms with Crippen LogP contribution in [0.5, 0.6) is 0 Å². The number of carbonyl (C=O) groups excluding carboxylic acids is 1. The Morgan fingerprint density at radius 2 is 1.21 bits per heavy atom. The normalized spacial score (nSPS) is 18.5. The third-order valence-electron chi connectivity index (χ3n) is 5.97. The van der Waals surface area contributed by atoms with Gasteiger partial charge >= 0.3 is 6.09 Å². The van der Waals surface area contributed by atoms with Crippen LogP contribution < -0.4 is 0 Å². The van der Waals surface area contributed by atoms with Crippen molar-refractivity contribution in [2.24, 2.45) is 0 Å². The number of hydrogen-bond donors (Lipinski definition) is 0. The lowest BCUT2D eigenvalue weighted by Crippen LogP contribution is -2.54. The van der Waals surface area contributed by atoms with Gasteiger partial charge in [-0.25, -0.2) is 21.6 Å². The van der Waals surface area contributed by atoms with Crippen LogP contribution in [0.4, 0.5) is 4.79 Å². The average molecular weight is 562 g/mol. The zero-order valence-electron chi connectivity index (χ0n) is 21.9. The summed E-state index contributed by atoms with van der Waals surface area (Å²) in [5.74, 6) is 0. The van der Waals surface area contributed by atoms with E-state index in [1.807, 2.05) is 0 Å². The van der Waals surface area contributed by atoms with Gasteiger partial charge in [0.2, 0.25) is 20.0 Å². The van der Waals surface area contributed by atoms with Gasteiger partial charge in [-0.3, -0.25) is 0 Å². The molecule has 0 aliphatic carbocycles. The van der Waals surface area contributed by atoms with Crippen molar-refractivity contribution in [2.45, 2.75) is 48.2 Å². The molecule has 1 aliphatic rings. The highest BCUT2D eigenvalue weighted by atomic mass is 32.2. The summed E-state index contributed by atoms with van der Waals surface area (Å²) in [7, 11) is -8.17. The number of benzene rings is 2. The van der Waals surface area contributed by atoms with Crippen LogP contribution >= 0.6 is 0 Å². The SMILES string of the molecule is C=CCN([C@H]1CN(C(=O)OC(C)(C)C)C[C@@H]1N(CC=C)S(=O)(=O)c1ccccc1)S(=O)(=O)c1ccccc1. The van der Waals surface area contributed by atoms with E-state index in [0.29, 0.717) is 0 Å². The maximum absolute atomic E-state index is 13.8. The molecule has 0 spiro atoms. The van der Waals surface area contributed by atoms with Gasteiger partial charge in [0.15, 0.2) is 0 Å². The van der Waals surface area contributed by atoms with Gasteiger partial charge in [-0.1, -0.05) is 48.6 Å². The van der Waals surface area contributed by atoms with Crippen molar-refractivity contribution < 1.29 is 26.4 Å². The van der Waals surface area contributed by atoms with E-state index in [0.717, 1.165) is 0 Å². The molecular formula is C27H35N3O6S2. The predicted molar refractivity (Wildman–Crippen MR) is 146 cm³/mol. The Bertz CT molecular complexity index is 1250. The van der Waals surface area contributed by atoms with Crippen LogP contribution in [0.3, 0.4) is 0 Å². The molecule has 1 heterocycles. The molecule has 1 aliphatic heterocycles. The maximum atomic E-state index is 13.8. The number of hydrogen-bond acceptors (Lipinski definition) is 6. The molecule has 0 radical (unpaired) electrons. The number of nitrogens with zero attached hydrogens (tertiary/aromatic N) is 3. The lowest BCUT2D eigenvalue weighted by molar-refractivity contribution is 0.0282. The summed E-state index contributed by atoms with van der Waals surface area (Å²) in [5.41, 5.74) is -0.793. The van der Waals surface area contributed by atoms with Gasteiger partial charge in [0.1, 0.15) is 5.60 Å². The summed E-state index contributed by atoms with van der Waals surface area (Å²) in [6.07, 6.45) is 2.23. The molecule has 2 aromatic carbocycles. The molecule has 2 atom stereocenters. The number of amides is 1. The highest BCUT2D eigenvalue weighted by Gasteiger charge is 2.49. The molecule has 0 N–H and O–H groups in total. The number of likely N-dealkylation sites (tertiary alicyclic amines) is 1. The van der Waals surface area contributed by atoms with E-state index in [4.69, 9.17) is 4.74 Å². The zero-order chi connectivity index (χ0) is 28.1. The lowest BCUT2D eigenvalue weighted by atomic mass is 10.1. The van der Waals surface area contributed by atoms with E-state index in [1.54, 1.807) is 57.2 Å². The van der Waals surface area contributed by atoms with E-state index < -0.39 is 43.8 Å². The molecule has 1 fully saturated rings. The van der Waals surface area contributed by atoms with Crippen LogP contribution in [0.1, 0.15) is 20.8 Å². The van der Waals surface area contributed by atoms with Gasteiger partial charge in [0, 0.05) is 26.2 Å². The minimum atomic E-state index is -4.09. The molecule has 0 bridgehead atoms. The van der Waals surface area contributed by atoms with Crippen LogP contribution in [0.25, 0.3) is 0 Å². The summed E-state index contributed by atoms with van der Waals surface area (Å²) in [5, 5.41) is 0. The van der Waals surface area contributed by atoms with E-state index >= 15 is 0 Å². The Morgan fingerprint density at radius 1 is 0.842 bits per heavy atom. The van der Waals surface area contributed by atoms with E-state index in [-0.39, 0.29) is 36.0 Å². The summed E-state index contributed by atoms with van der Waals surface area (Å²) in [6.45, 7) is 12.3. The molecule has 206 valence electrons. The van der Waals surface area contributed by atoms with Crippen molar-refractivity contribution in [3.63, 3.8) is 0 Å². The number of carbonyl (C=O) groups is 1. The zero-order valence-corrected chi connectivity index (χ0v) is 23.6. The van der Waals surface area contributed by atoms with E-state index in [9.17, 15) is 21.6 Å². The molecule has 3 rings (SSSR count). The van der Waals surface area contributed by atoms with Gasteiger partial charge < -0.3 is 9.64 Å². The standard InChI is InChI=1S/C27H35N3O6S2/c1-6-18-29(37(32,33)22-14-10-8-11-15-22)24-20-28(26(31)36-27(3,4)5)21-25(24)30(19-7-2)38(34,35)23-16-12-9-13-17-23/h6-17,24-25H,1-2,18-21H2,3-5H3/t24-,25-/m0/s1. The third-order valence-corrected chi connectivity index (χ3v) is 9.78. The first-order valence-corrected chi connectivity index (χ1v) is 15.0. The van der Waals surface area contributed by atoms with Gasteiger partial charge in [0.05, 0.1) is 21.9 Å². The molecule has 1 amide bonds. The molecule has 38 heavy (non-hydrogen) atoms. The molecule has 9 nitrogen and oxygen atoms in total. The highest BCUT2D eigenvalue weighted by Crippen LogP contribution is 2.31. The van der Waals surface area contributed by atoms with Crippen molar-refractivity contribution in [2.75, 3.05) is 26.2 Å². The van der Waals surface area contributed by atoms with Crippen molar-refractivity contribution in [3.8, 4) is 0 Å². The van der Waals surface area contributed by atoms with Crippen molar-refractivity contribution >= 4 is 26.1 Å².